The van der Waals surface area contributed by atoms with Gasteiger partial charge >= 0.3 is 0 Å². The van der Waals surface area contributed by atoms with Crippen LogP contribution in [0.2, 0.25) is 0 Å². The van der Waals surface area contributed by atoms with Crippen LogP contribution in [-0.4, -0.2) is 68.6 Å². The molecule has 1 fully saturated rings. The minimum atomic E-state index is 0.534. The Balaban J connectivity index is 1.87. The number of hydrogen-bond donors (Lipinski definition) is 2. The van der Waals surface area contributed by atoms with Crippen molar-refractivity contribution in [2.24, 2.45) is 4.99 Å². The standard InChI is InChI=1S/C16H29N5S/c1-5-17-16(19-11-15-7-6-13(2)22-15)18-10-14-12-20(3)8-9-21(14)4/h6-7,14H,5,8-12H2,1-4H3,(H2,17,18,19). The molecule has 1 unspecified atom stereocenters. The van der Waals surface area contributed by atoms with E-state index in [2.05, 4.69) is 60.5 Å². The molecule has 0 radical (unpaired) electrons. The highest BCUT2D eigenvalue weighted by atomic mass is 32.1. The Morgan fingerprint density at radius 1 is 1.32 bits per heavy atom. The molecule has 0 saturated carbocycles. The van der Waals surface area contributed by atoms with Gasteiger partial charge in [-0.3, -0.25) is 4.90 Å². The summed E-state index contributed by atoms with van der Waals surface area (Å²) in [6, 6.07) is 4.85. The summed E-state index contributed by atoms with van der Waals surface area (Å²) >= 11 is 1.82. The molecule has 0 amide bonds. The third kappa shape index (κ3) is 5.26. The van der Waals surface area contributed by atoms with Gasteiger partial charge in [0.1, 0.15) is 0 Å². The van der Waals surface area contributed by atoms with Crippen molar-refractivity contribution < 1.29 is 0 Å². The van der Waals surface area contributed by atoms with E-state index in [0.29, 0.717) is 6.04 Å². The average molecular weight is 324 g/mol. The van der Waals surface area contributed by atoms with E-state index in [1.165, 1.54) is 9.75 Å². The smallest absolute Gasteiger partial charge is 0.191 e. The van der Waals surface area contributed by atoms with E-state index in [1.54, 1.807) is 0 Å². The molecular formula is C16H29N5S. The Hall–Kier alpha value is -1.11. The van der Waals surface area contributed by atoms with Gasteiger partial charge in [0.25, 0.3) is 0 Å². The van der Waals surface area contributed by atoms with Crippen molar-refractivity contribution in [2.45, 2.75) is 26.4 Å². The molecule has 2 heterocycles. The molecule has 22 heavy (non-hydrogen) atoms. The lowest BCUT2D eigenvalue weighted by molar-refractivity contribution is 0.116. The summed E-state index contributed by atoms with van der Waals surface area (Å²) in [6.45, 7) is 10.2. The number of guanidine groups is 1. The fourth-order valence-corrected chi connectivity index (χ4v) is 3.42. The van der Waals surface area contributed by atoms with Crippen LogP contribution in [0.3, 0.4) is 0 Å². The maximum absolute atomic E-state index is 4.70. The quantitative estimate of drug-likeness (QED) is 0.634. The van der Waals surface area contributed by atoms with E-state index < -0.39 is 0 Å². The summed E-state index contributed by atoms with van der Waals surface area (Å²) in [5.41, 5.74) is 0. The molecule has 1 saturated heterocycles. The Morgan fingerprint density at radius 2 is 2.14 bits per heavy atom. The molecule has 0 aromatic carbocycles. The van der Waals surface area contributed by atoms with Crippen molar-refractivity contribution in [2.75, 3.05) is 46.8 Å². The van der Waals surface area contributed by atoms with E-state index in [9.17, 15) is 0 Å². The number of nitrogens with one attached hydrogen (secondary N) is 2. The van der Waals surface area contributed by atoms with Crippen molar-refractivity contribution >= 4 is 17.3 Å². The maximum atomic E-state index is 4.70. The van der Waals surface area contributed by atoms with Crippen molar-refractivity contribution in [1.82, 2.24) is 20.4 Å². The van der Waals surface area contributed by atoms with Gasteiger partial charge in [-0.25, -0.2) is 4.99 Å². The van der Waals surface area contributed by atoms with Gasteiger partial charge in [0.15, 0.2) is 5.96 Å². The summed E-state index contributed by atoms with van der Waals surface area (Å²) in [5.74, 6) is 0.912. The molecular weight excluding hydrogens is 294 g/mol. The molecule has 2 rings (SSSR count). The number of piperazine rings is 1. The van der Waals surface area contributed by atoms with Crippen LogP contribution in [0.5, 0.6) is 0 Å². The third-order valence-electron chi connectivity index (χ3n) is 4.02. The second-order valence-corrected chi connectivity index (χ2v) is 7.36. The van der Waals surface area contributed by atoms with Crippen LogP contribution < -0.4 is 10.6 Å². The number of thiophene rings is 1. The molecule has 1 atom stereocenters. The molecule has 6 heteroatoms. The van der Waals surface area contributed by atoms with Gasteiger partial charge in [0, 0.05) is 48.5 Å². The number of rotatable bonds is 5. The first-order valence-electron chi connectivity index (χ1n) is 8.04. The van der Waals surface area contributed by atoms with Crippen LogP contribution in [-0.2, 0) is 6.54 Å². The van der Waals surface area contributed by atoms with Crippen LogP contribution in [0.4, 0.5) is 0 Å². The first-order valence-corrected chi connectivity index (χ1v) is 8.86. The average Bonchev–Trinajstić information content (AvgIpc) is 2.91. The Morgan fingerprint density at radius 3 is 2.82 bits per heavy atom. The molecule has 1 aliphatic rings. The van der Waals surface area contributed by atoms with Gasteiger partial charge in [-0.1, -0.05) is 0 Å². The second kappa shape index (κ2) is 8.50. The first kappa shape index (κ1) is 17.2. The van der Waals surface area contributed by atoms with Gasteiger partial charge < -0.3 is 15.5 Å². The second-order valence-electron chi connectivity index (χ2n) is 5.99. The summed E-state index contributed by atoms with van der Waals surface area (Å²) in [7, 11) is 4.40. The fourth-order valence-electron chi connectivity index (χ4n) is 2.61. The van der Waals surface area contributed by atoms with Gasteiger partial charge in [0.2, 0.25) is 0 Å². The van der Waals surface area contributed by atoms with E-state index >= 15 is 0 Å². The number of aryl methyl sites for hydroxylation is 1. The highest BCUT2D eigenvalue weighted by molar-refractivity contribution is 7.11. The predicted octanol–water partition coefficient (Wildman–Crippen LogP) is 1.36. The molecule has 1 aliphatic heterocycles. The highest BCUT2D eigenvalue weighted by Crippen LogP contribution is 2.15. The lowest BCUT2D eigenvalue weighted by Crippen LogP contribution is -2.55. The number of nitrogens with zero attached hydrogens (tertiary/aromatic N) is 3. The minimum absolute atomic E-state index is 0.534. The normalized spacial score (nSPS) is 21.1. The molecule has 0 spiro atoms. The van der Waals surface area contributed by atoms with Crippen LogP contribution in [0.15, 0.2) is 17.1 Å². The number of likely N-dealkylation sites (N-methyl/N-ethyl adjacent to an activating group) is 2. The lowest BCUT2D eigenvalue weighted by atomic mass is 10.2. The molecule has 0 aliphatic carbocycles. The van der Waals surface area contributed by atoms with E-state index in [0.717, 1.165) is 45.2 Å². The minimum Gasteiger partial charge on any atom is -0.357 e. The summed E-state index contributed by atoms with van der Waals surface area (Å²) in [6.07, 6.45) is 0. The number of aliphatic imine (C=N–C) groups is 1. The van der Waals surface area contributed by atoms with Gasteiger partial charge in [0.05, 0.1) is 6.54 Å². The van der Waals surface area contributed by atoms with E-state index in [-0.39, 0.29) is 0 Å². The summed E-state index contributed by atoms with van der Waals surface area (Å²) in [5, 5.41) is 6.83. The van der Waals surface area contributed by atoms with Gasteiger partial charge in [-0.2, -0.15) is 0 Å². The summed E-state index contributed by atoms with van der Waals surface area (Å²) in [4.78, 5) is 12.2. The van der Waals surface area contributed by atoms with Crippen molar-refractivity contribution in [3.63, 3.8) is 0 Å². The highest BCUT2D eigenvalue weighted by Gasteiger charge is 2.21. The molecule has 124 valence electrons. The van der Waals surface area contributed by atoms with Crippen molar-refractivity contribution in [1.29, 1.82) is 0 Å². The third-order valence-corrected chi connectivity index (χ3v) is 5.00. The van der Waals surface area contributed by atoms with Crippen LogP contribution in [0, 0.1) is 6.92 Å². The maximum Gasteiger partial charge on any atom is 0.191 e. The van der Waals surface area contributed by atoms with Crippen LogP contribution in [0.1, 0.15) is 16.7 Å². The molecule has 1 aromatic heterocycles. The SMILES string of the molecule is CCNC(=NCc1ccc(C)s1)NCC1CN(C)CCN1C. The molecule has 1 aromatic rings. The zero-order chi connectivity index (χ0) is 15.9. The predicted molar refractivity (Wildman–Crippen MR) is 95.8 cm³/mol. The largest absolute Gasteiger partial charge is 0.357 e. The van der Waals surface area contributed by atoms with Crippen LogP contribution >= 0.6 is 11.3 Å². The fraction of sp³-hybridized carbons (Fsp3) is 0.688. The lowest BCUT2D eigenvalue weighted by Gasteiger charge is -2.37. The molecule has 0 bridgehead atoms. The Bertz CT molecular complexity index is 485. The van der Waals surface area contributed by atoms with Gasteiger partial charge in [-0.15, -0.1) is 11.3 Å². The van der Waals surface area contributed by atoms with Crippen molar-refractivity contribution in [3.05, 3.63) is 21.9 Å². The van der Waals surface area contributed by atoms with Gasteiger partial charge in [-0.05, 0) is 40.1 Å². The topological polar surface area (TPSA) is 42.9 Å². The zero-order valence-electron chi connectivity index (χ0n) is 14.2. The number of hydrogen-bond acceptors (Lipinski definition) is 4. The van der Waals surface area contributed by atoms with Crippen LogP contribution in [0.25, 0.3) is 0 Å². The van der Waals surface area contributed by atoms with Crippen molar-refractivity contribution in [3.8, 4) is 0 Å². The molecule has 5 nitrogen and oxygen atoms in total. The Labute approximate surface area is 138 Å². The molecule has 2 N–H and O–H groups in total. The summed E-state index contributed by atoms with van der Waals surface area (Å²) < 4.78 is 0. The Kier molecular flexibility index (Phi) is 6.67. The zero-order valence-corrected chi connectivity index (χ0v) is 15.0. The van der Waals surface area contributed by atoms with E-state index in [1.807, 2.05) is 11.3 Å². The first-order chi connectivity index (χ1) is 10.6. The van der Waals surface area contributed by atoms with E-state index in [4.69, 9.17) is 4.99 Å². The monoisotopic (exact) mass is 323 g/mol.